The van der Waals surface area contributed by atoms with Crippen LogP contribution in [0.15, 0.2) is 23.2 Å². The van der Waals surface area contributed by atoms with E-state index in [-0.39, 0.29) is 0 Å². The SMILES string of the molecule is CCNC(=NCc1ccc(C)cc1OCCOCC)NCC(C)CN1CCOCC1. The molecule has 170 valence electrons. The lowest BCUT2D eigenvalue weighted by molar-refractivity contribution is 0.0320. The van der Waals surface area contributed by atoms with Crippen LogP contribution in [0, 0.1) is 12.8 Å². The van der Waals surface area contributed by atoms with Gasteiger partial charge in [-0.15, -0.1) is 0 Å². The monoisotopic (exact) mass is 420 g/mol. The number of nitrogens with zero attached hydrogens (tertiary/aromatic N) is 2. The van der Waals surface area contributed by atoms with Crippen molar-refractivity contribution in [2.75, 3.05) is 65.8 Å². The third-order valence-electron chi connectivity index (χ3n) is 4.96. The first-order valence-corrected chi connectivity index (χ1v) is 11.2. The van der Waals surface area contributed by atoms with Gasteiger partial charge in [0.15, 0.2) is 5.96 Å². The number of benzene rings is 1. The molecule has 1 unspecified atom stereocenters. The summed E-state index contributed by atoms with van der Waals surface area (Å²) in [5, 5.41) is 6.84. The Balaban J connectivity index is 1.89. The van der Waals surface area contributed by atoms with E-state index in [1.54, 1.807) is 0 Å². The summed E-state index contributed by atoms with van der Waals surface area (Å²) in [5.41, 5.74) is 2.26. The van der Waals surface area contributed by atoms with Gasteiger partial charge in [-0.25, -0.2) is 4.99 Å². The fourth-order valence-electron chi connectivity index (χ4n) is 3.35. The zero-order valence-electron chi connectivity index (χ0n) is 19.2. The molecule has 0 spiro atoms. The second-order valence-electron chi connectivity index (χ2n) is 7.75. The van der Waals surface area contributed by atoms with Gasteiger partial charge in [-0.3, -0.25) is 4.90 Å². The highest BCUT2D eigenvalue weighted by Gasteiger charge is 2.14. The minimum absolute atomic E-state index is 0.531. The second-order valence-corrected chi connectivity index (χ2v) is 7.75. The van der Waals surface area contributed by atoms with Gasteiger partial charge < -0.3 is 24.8 Å². The van der Waals surface area contributed by atoms with Crippen molar-refractivity contribution in [3.63, 3.8) is 0 Å². The summed E-state index contributed by atoms with van der Waals surface area (Å²) in [6.07, 6.45) is 0. The van der Waals surface area contributed by atoms with Gasteiger partial charge in [0.1, 0.15) is 12.4 Å². The van der Waals surface area contributed by atoms with Crippen LogP contribution in [0.5, 0.6) is 5.75 Å². The van der Waals surface area contributed by atoms with Gasteiger partial charge in [0.2, 0.25) is 0 Å². The number of hydrogen-bond acceptors (Lipinski definition) is 5. The van der Waals surface area contributed by atoms with E-state index in [0.717, 1.165) is 63.2 Å². The molecule has 1 aromatic rings. The fourth-order valence-corrected chi connectivity index (χ4v) is 3.35. The number of guanidine groups is 1. The van der Waals surface area contributed by atoms with Gasteiger partial charge in [0.25, 0.3) is 0 Å². The lowest BCUT2D eigenvalue weighted by Gasteiger charge is -2.29. The first-order chi connectivity index (χ1) is 14.6. The Kier molecular flexibility index (Phi) is 11.6. The van der Waals surface area contributed by atoms with Crippen molar-refractivity contribution >= 4 is 5.96 Å². The third-order valence-corrected chi connectivity index (χ3v) is 4.96. The molecular weight excluding hydrogens is 380 g/mol. The van der Waals surface area contributed by atoms with Gasteiger partial charge in [0.05, 0.1) is 26.4 Å². The average molecular weight is 421 g/mol. The van der Waals surface area contributed by atoms with E-state index in [2.05, 4.69) is 54.5 Å². The molecule has 7 nitrogen and oxygen atoms in total. The Morgan fingerprint density at radius 3 is 2.73 bits per heavy atom. The minimum Gasteiger partial charge on any atom is -0.491 e. The third kappa shape index (κ3) is 9.32. The van der Waals surface area contributed by atoms with Gasteiger partial charge in [-0.05, 0) is 38.3 Å². The van der Waals surface area contributed by atoms with E-state index >= 15 is 0 Å². The molecule has 0 aromatic heterocycles. The average Bonchev–Trinajstić information content (AvgIpc) is 2.75. The zero-order chi connectivity index (χ0) is 21.6. The summed E-state index contributed by atoms with van der Waals surface area (Å²) < 4.78 is 16.8. The zero-order valence-corrected chi connectivity index (χ0v) is 19.2. The largest absolute Gasteiger partial charge is 0.491 e. The molecule has 1 heterocycles. The second kappa shape index (κ2) is 14.2. The number of aliphatic imine (C=N–C) groups is 1. The molecule has 0 amide bonds. The van der Waals surface area contributed by atoms with Crippen molar-refractivity contribution in [3.05, 3.63) is 29.3 Å². The molecule has 1 aromatic carbocycles. The molecule has 0 radical (unpaired) electrons. The normalized spacial score (nSPS) is 16.3. The van der Waals surface area contributed by atoms with Crippen LogP contribution in [0.25, 0.3) is 0 Å². The number of nitrogens with one attached hydrogen (secondary N) is 2. The lowest BCUT2D eigenvalue weighted by atomic mass is 10.1. The number of rotatable bonds is 12. The molecule has 30 heavy (non-hydrogen) atoms. The van der Waals surface area contributed by atoms with Crippen LogP contribution in [-0.4, -0.2) is 76.6 Å². The Labute approximate surface area is 182 Å². The maximum atomic E-state index is 5.94. The summed E-state index contributed by atoms with van der Waals surface area (Å²) in [7, 11) is 0. The molecule has 1 aliphatic rings. The summed E-state index contributed by atoms with van der Waals surface area (Å²) >= 11 is 0. The van der Waals surface area contributed by atoms with E-state index in [4.69, 9.17) is 19.2 Å². The number of hydrogen-bond donors (Lipinski definition) is 2. The van der Waals surface area contributed by atoms with E-state index in [1.807, 2.05) is 6.92 Å². The number of ether oxygens (including phenoxy) is 3. The fraction of sp³-hybridized carbons (Fsp3) is 0.696. The predicted molar refractivity (Wildman–Crippen MR) is 122 cm³/mol. The Morgan fingerprint density at radius 1 is 1.20 bits per heavy atom. The van der Waals surface area contributed by atoms with Gasteiger partial charge >= 0.3 is 0 Å². The molecule has 1 saturated heterocycles. The first kappa shape index (κ1) is 24.4. The number of aryl methyl sites for hydroxylation is 1. The Bertz CT molecular complexity index is 633. The summed E-state index contributed by atoms with van der Waals surface area (Å²) in [6, 6.07) is 6.27. The molecule has 7 heteroatoms. The predicted octanol–water partition coefficient (Wildman–Crippen LogP) is 2.43. The smallest absolute Gasteiger partial charge is 0.191 e. The molecule has 2 rings (SSSR count). The Morgan fingerprint density at radius 2 is 2.00 bits per heavy atom. The van der Waals surface area contributed by atoms with Crippen LogP contribution in [0.1, 0.15) is 31.9 Å². The van der Waals surface area contributed by atoms with Crippen molar-refractivity contribution < 1.29 is 14.2 Å². The lowest BCUT2D eigenvalue weighted by Crippen LogP contribution is -2.44. The topological polar surface area (TPSA) is 67.4 Å². The molecule has 1 atom stereocenters. The maximum Gasteiger partial charge on any atom is 0.191 e. The van der Waals surface area contributed by atoms with Crippen molar-refractivity contribution in [3.8, 4) is 5.75 Å². The summed E-state index contributed by atoms with van der Waals surface area (Å²) in [4.78, 5) is 7.26. The van der Waals surface area contributed by atoms with Gasteiger partial charge in [0, 0.05) is 44.9 Å². The summed E-state index contributed by atoms with van der Waals surface area (Å²) in [6.45, 7) is 17.4. The molecule has 1 fully saturated rings. The van der Waals surface area contributed by atoms with Crippen LogP contribution < -0.4 is 15.4 Å². The summed E-state index contributed by atoms with van der Waals surface area (Å²) in [5.74, 6) is 2.26. The van der Waals surface area contributed by atoms with Crippen LogP contribution in [-0.2, 0) is 16.0 Å². The molecular formula is C23H40N4O3. The molecule has 1 aliphatic heterocycles. The van der Waals surface area contributed by atoms with Crippen molar-refractivity contribution in [2.45, 2.75) is 34.2 Å². The number of morpholine rings is 1. The van der Waals surface area contributed by atoms with Crippen molar-refractivity contribution in [1.29, 1.82) is 0 Å². The van der Waals surface area contributed by atoms with Crippen LogP contribution >= 0.6 is 0 Å². The highest BCUT2D eigenvalue weighted by atomic mass is 16.5. The highest BCUT2D eigenvalue weighted by Crippen LogP contribution is 2.21. The van der Waals surface area contributed by atoms with E-state index in [0.29, 0.717) is 32.3 Å². The minimum atomic E-state index is 0.531. The Hall–Kier alpha value is -1.83. The first-order valence-electron chi connectivity index (χ1n) is 11.2. The molecule has 0 saturated carbocycles. The molecule has 0 aliphatic carbocycles. The van der Waals surface area contributed by atoms with Crippen LogP contribution in [0.3, 0.4) is 0 Å². The molecule has 0 bridgehead atoms. The van der Waals surface area contributed by atoms with Crippen molar-refractivity contribution in [1.82, 2.24) is 15.5 Å². The van der Waals surface area contributed by atoms with Crippen molar-refractivity contribution in [2.24, 2.45) is 10.9 Å². The van der Waals surface area contributed by atoms with Crippen LogP contribution in [0.4, 0.5) is 0 Å². The standard InChI is InChI=1S/C23H40N4O3/c1-5-24-23(25-16-20(4)18-27-9-11-29-12-10-27)26-17-21-8-7-19(3)15-22(21)30-14-13-28-6-2/h7-8,15,20H,5-6,9-14,16-18H2,1-4H3,(H2,24,25,26). The van der Waals surface area contributed by atoms with Gasteiger partial charge in [-0.1, -0.05) is 19.1 Å². The highest BCUT2D eigenvalue weighted by molar-refractivity contribution is 5.79. The van der Waals surface area contributed by atoms with Gasteiger partial charge in [-0.2, -0.15) is 0 Å². The van der Waals surface area contributed by atoms with E-state index < -0.39 is 0 Å². The quantitative estimate of drug-likeness (QED) is 0.308. The molecule has 2 N–H and O–H groups in total. The van der Waals surface area contributed by atoms with E-state index in [1.165, 1.54) is 5.56 Å². The maximum absolute atomic E-state index is 5.94. The van der Waals surface area contributed by atoms with Crippen LogP contribution in [0.2, 0.25) is 0 Å². The van der Waals surface area contributed by atoms with E-state index in [9.17, 15) is 0 Å².